The minimum Gasteiger partial charge on any atom is -0.490 e. The highest BCUT2D eigenvalue weighted by molar-refractivity contribution is 5.81. The molecule has 0 bridgehead atoms. The molecule has 1 aromatic heterocycles. The molecule has 2 aromatic carbocycles. The molecular weight excluding hydrogens is 428 g/mol. The number of hydrogen-bond donors (Lipinski definition) is 2. The molecule has 10 nitrogen and oxygen atoms in total. The first-order chi connectivity index (χ1) is 15.8. The summed E-state index contributed by atoms with van der Waals surface area (Å²) in [4.78, 5) is 26.7. The lowest BCUT2D eigenvalue weighted by Crippen LogP contribution is -2.34. The van der Waals surface area contributed by atoms with Crippen LogP contribution in [0.4, 0.5) is 0 Å². The number of carboxylic acids is 1. The number of rotatable bonds is 9. The van der Waals surface area contributed by atoms with E-state index in [2.05, 4.69) is 16.2 Å². The zero-order chi connectivity index (χ0) is 24.0. The minimum absolute atomic E-state index is 0.0499. The van der Waals surface area contributed by atoms with Crippen molar-refractivity contribution in [2.75, 3.05) is 0 Å². The SMILES string of the molecule is CC(C)Oc1ccc(-c2nc(-c3ccc(COC(=O)[C@@H](N)CC(=O)O)cc3)no2)cc1C#N. The van der Waals surface area contributed by atoms with Gasteiger partial charge in [-0.1, -0.05) is 29.4 Å². The van der Waals surface area contributed by atoms with Gasteiger partial charge in [-0.3, -0.25) is 9.59 Å². The first-order valence-electron chi connectivity index (χ1n) is 10.0. The summed E-state index contributed by atoms with van der Waals surface area (Å²) in [5, 5.41) is 22.1. The van der Waals surface area contributed by atoms with E-state index < -0.39 is 24.4 Å². The molecule has 0 saturated carbocycles. The Bertz CT molecular complexity index is 1180. The molecule has 0 aliphatic carbocycles. The summed E-state index contributed by atoms with van der Waals surface area (Å²) in [5.74, 6) is -0.880. The Morgan fingerprint density at radius 2 is 1.88 bits per heavy atom. The van der Waals surface area contributed by atoms with Gasteiger partial charge in [-0.15, -0.1) is 0 Å². The van der Waals surface area contributed by atoms with Crippen LogP contribution in [0.2, 0.25) is 0 Å². The van der Waals surface area contributed by atoms with Crippen LogP contribution in [0.3, 0.4) is 0 Å². The van der Waals surface area contributed by atoms with Crippen LogP contribution in [0.25, 0.3) is 22.8 Å². The van der Waals surface area contributed by atoms with E-state index in [1.165, 1.54) is 0 Å². The number of nitriles is 1. The van der Waals surface area contributed by atoms with Crippen molar-refractivity contribution >= 4 is 11.9 Å². The van der Waals surface area contributed by atoms with Crippen LogP contribution >= 0.6 is 0 Å². The molecule has 0 aliphatic rings. The monoisotopic (exact) mass is 450 g/mol. The van der Waals surface area contributed by atoms with E-state index in [1.54, 1.807) is 42.5 Å². The molecule has 1 heterocycles. The number of ether oxygens (including phenoxy) is 2. The van der Waals surface area contributed by atoms with Gasteiger partial charge >= 0.3 is 11.9 Å². The van der Waals surface area contributed by atoms with Gasteiger partial charge < -0.3 is 24.8 Å². The lowest BCUT2D eigenvalue weighted by atomic mass is 10.1. The molecule has 33 heavy (non-hydrogen) atoms. The minimum atomic E-state index is -1.22. The number of benzene rings is 2. The Hall–Kier alpha value is -4.23. The summed E-state index contributed by atoms with van der Waals surface area (Å²) in [5.41, 5.74) is 7.77. The molecule has 3 aromatic rings. The molecule has 10 heteroatoms. The van der Waals surface area contributed by atoms with Gasteiger partial charge in [0, 0.05) is 11.1 Å². The van der Waals surface area contributed by atoms with E-state index in [0.29, 0.717) is 33.8 Å². The van der Waals surface area contributed by atoms with Crippen LogP contribution in [-0.4, -0.2) is 39.3 Å². The molecule has 170 valence electrons. The second-order valence-corrected chi connectivity index (χ2v) is 7.42. The molecule has 0 saturated heterocycles. The fourth-order valence-electron chi connectivity index (χ4n) is 2.85. The number of esters is 1. The van der Waals surface area contributed by atoms with Crippen LogP contribution < -0.4 is 10.5 Å². The number of hydrogen-bond acceptors (Lipinski definition) is 9. The van der Waals surface area contributed by atoms with Gasteiger partial charge in [0.1, 0.15) is 24.5 Å². The molecular formula is C23H22N4O6. The summed E-state index contributed by atoms with van der Waals surface area (Å²) in [6.45, 7) is 3.71. The maximum absolute atomic E-state index is 11.7. The smallest absolute Gasteiger partial charge is 0.323 e. The van der Waals surface area contributed by atoms with Gasteiger partial charge in [-0.2, -0.15) is 10.2 Å². The lowest BCUT2D eigenvalue weighted by Gasteiger charge is -2.11. The second-order valence-electron chi connectivity index (χ2n) is 7.42. The van der Waals surface area contributed by atoms with Crippen LogP contribution in [0.1, 0.15) is 31.4 Å². The number of nitrogens with zero attached hydrogens (tertiary/aromatic N) is 3. The highest BCUT2D eigenvalue weighted by Gasteiger charge is 2.19. The molecule has 1 atom stereocenters. The number of aromatic nitrogens is 2. The maximum Gasteiger partial charge on any atom is 0.323 e. The van der Waals surface area contributed by atoms with Crippen molar-refractivity contribution in [2.45, 2.75) is 39.0 Å². The summed E-state index contributed by atoms with van der Waals surface area (Å²) in [6.07, 6.45) is -0.563. The van der Waals surface area contributed by atoms with E-state index in [9.17, 15) is 14.9 Å². The number of carbonyl (C=O) groups is 2. The number of carboxylic acid groups (broad SMARTS) is 1. The highest BCUT2D eigenvalue weighted by Crippen LogP contribution is 2.28. The first kappa shape index (κ1) is 23.4. The van der Waals surface area contributed by atoms with Gasteiger partial charge in [0.25, 0.3) is 5.89 Å². The van der Waals surface area contributed by atoms with Gasteiger partial charge in [-0.25, -0.2) is 0 Å². The molecule has 0 amide bonds. The molecule has 0 radical (unpaired) electrons. The standard InChI is InChI=1S/C23H22N4O6/c1-13(2)32-19-8-7-16(9-17(19)11-24)22-26-21(27-33-22)15-5-3-14(4-6-15)12-31-23(30)18(25)10-20(28)29/h3-9,13,18H,10,12,25H2,1-2H3,(H,28,29)/t18-/m0/s1. The average molecular weight is 450 g/mol. The van der Waals surface area contributed by atoms with Crippen molar-refractivity contribution in [3.05, 3.63) is 53.6 Å². The molecule has 0 fully saturated rings. The fourth-order valence-corrected chi connectivity index (χ4v) is 2.85. The topological polar surface area (TPSA) is 162 Å². The maximum atomic E-state index is 11.7. The Morgan fingerprint density at radius 3 is 2.52 bits per heavy atom. The zero-order valence-corrected chi connectivity index (χ0v) is 18.0. The van der Waals surface area contributed by atoms with Crippen LogP contribution in [0.15, 0.2) is 47.0 Å². The highest BCUT2D eigenvalue weighted by atomic mass is 16.5. The van der Waals surface area contributed by atoms with Crippen LogP contribution in [0.5, 0.6) is 5.75 Å². The molecule has 0 unspecified atom stereocenters. The van der Waals surface area contributed by atoms with E-state index in [0.717, 1.165) is 0 Å². The third kappa shape index (κ3) is 6.15. The second kappa shape index (κ2) is 10.4. The predicted octanol–water partition coefficient (Wildman–Crippen LogP) is 2.91. The van der Waals surface area contributed by atoms with Crippen molar-refractivity contribution in [1.29, 1.82) is 5.26 Å². The van der Waals surface area contributed by atoms with E-state index >= 15 is 0 Å². The summed E-state index contributed by atoms with van der Waals surface area (Å²) in [6, 6.07) is 12.8. The van der Waals surface area contributed by atoms with E-state index in [-0.39, 0.29) is 18.6 Å². The predicted molar refractivity (Wildman–Crippen MR) is 116 cm³/mol. The summed E-state index contributed by atoms with van der Waals surface area (Å²) < 4.78 is 16.0. The third-order valence-electron chi connectivity index (χ3n) is 4.43. The first-order valence-corrected chi connectivity index (χ1v) is 10.0. The number of aliphatic carboxylic acids is 1. The average Bonchev–Trinajstić information content (AvgIpc) is 3.27. The Morgan fingerprint density at radius 1 is 1.18 bits per heavy atom. The molecule has 0 aliphatic heterocycles. The summed E-state index contributed by atoms with van der Waals surface area (Å²) >= 11 is 0. The van der Waals surface area contributed by atoms with E-state index in [1.807, 2.05) is 13.8 Å². The van der Waals surface area contributed by atoms with Gasteiger partial charge in [0.05, 0.1) is 18.1 Å². The Labute approximate surface area is 189 Å². The Kier molecular flexibility index (Phi) is 7.38. The fraction of sp³-hybridized carbons (Fsp3) is 0.261. The largest absolute Gasteiger partial charge is 0.490 e. The van der Waals surface area contributed by atoms with Crippen LogP contribution in [-0.2, 0) is 20.9 Å². The van der Waals surface area contributed by atoms with E-state index in [4.69, 9.17) is 24.8 Å². The zero-order valence-electron chi connectivity index (χ0n) is 18.0. The van der Waals surface area contributed by atoms with Gasteiger partial charge in [0.15, 0.2) is 0 Å². The normalized spacial score (nSPS) is 11.6. The van der Waals surface area contributed by atoms with Crippen molar-refractivity contribution < 1.29 is 28.7 Å². The van der Waals surface area contributed by atoms with Gasteiger partial charge in [0.2, 0.25) is 5.82 Å². The number of carbonyl (C=O) groups excluding carboxylic acids is 1. The van der Waals surface area contributed by atoms with Crippen molar-refractivity contribution in [3.63, 3.8) is 0 Å². The lowest BCUT2D eigenvalue weighted by molar-refractivity contribution is -0.150. The molecule has 3 rings (SSSR count). The summed E-state index contributed by atoms with van der Waals surface area (Å²) in [7, 11) is 0. The quantitative estimate of drug-likeness (QED) is 0.464. The van der Waals surface area contributed by atoms with Crippen LogP contribution in [0, 0.1) is 11.3 Å². The number of nitrogens with two attached hydrogens (primary N) is 1. The Balaban J connectivity index is 1.68. The van der Waals surface area contributed by atoms with Crippen molar-refractivity contribution in [1.82, 2.24) is 10.1 Å². The van der Waals surface area contributed by atoms with Gasteiger partial charge in [-0.05, 0) is 37.6 Å². The molecule has 3 N–H and O–H groups in total. The van der Waals surface area contributed by atoms with Crippen molar-refractivity contribution in [3.8, 4) is 34.7 Å². The molecule has 0 spiro atoms. The van der Waals surface area contributed by atoms with Crippen molar-refractivity contribution in [2.24, 2.45) is 5.73 Å². The third-order valence-corrected chi connectivity index (χ3v) is 4.43.